The highest BCUT2D eigenvalue weighted by Gasteiger charge is 2.43. The number of nitrogens with zero attached hydrogens (tertiary/aromatic N) is 2. The van der Waals surface area contributed by atoms with E-state index >= 15 is 0 Å². The average molecular weight is 394 g/mol. The highest BCUT2D eigenvalue weighted by molar-refractivity contribution is 6.31. The second kappa shape index (κ2) is 6.35. The van der Waals surface area contributed by atoms with Crippen LogP contribution >= 0.6 is 11.6 Å². The maximum Gasteiger partial charge on any atom is 0.205 e. The molecule has 1 aliphatic heterocycles. The topological polar surface area (TPSA) is 89.0 Å². The summed E-state index contributed by atoms with van der Waals surface area (Å²) in [6.45, 7) is 6.02. The number of hydrogen-bond donors (Lipinski definition) is 1. The third kappa shape index (κ3) is 2.94. The van der Waals surface area contributed by atoms with Crippen LogP contribution in [0.25, 0.3) is 10.9 Å². The molecule has 1 atom stereocenters. The zero-order chi connectivity index (χ0) is 20.2. The van der Waals surface area contributed by atoms with Crippen LogP contribution in [0.5, 0.6) is 0 Å². The number of nitriles is 1. The van der Waals surface area contributed by atoms with Crippen molar-refractivity contribution in [2.24, 2.45) is 11.1 Å². The summed E-state index contributed by atoms with van der Waals surface area (Å²) in [4.78, 5) is 17.5. The predicted octanol–water partition coefficient (Wildman–Crippen LogP) is 4.65. The van der Waals surface area contributed by atoms with E-state index in [2.05, 4.69) is 11.1 Å². The SMILES string of the molecule is Cc1ccc2nc(Cl)c([C@@H]3C(C#N)=C(N)OC4=C3C(=O)CC(C)(C)C4)cc2c1. The molecule has 1 aromatic heterocycles. The van der Waals surface area contributed by atoms with Gasteiger partial charge in [0.1, 0.15) is 22.6 Å². The van der Waals surface area contributed by atoms with Crippen LogP contribution < -0.4 is 5.73 Å². The van der Waals surface area contributed by atoms with Crippen LogP contribution in [-0.2, 0) is 9.53 Å². The Kier molecular flexibility index (Phi) is 4.20. The van der Waals surface area contributed by atoms with Crippen LogP contribution in [0.2, 0.25) is 5.15 Å². The average Bonchev–Trinajstić information content (AvgIpc) is 2.59. The largest absolute Gasteiger partial charge is 0.444 e. The highest BCUT2D eigenvalue weighted by Crippen LogP contribution is 2.49. The van der Waals surface area contributed by atoms with Crippen molar-refractivity contribution in [3.05, 3.63) is 63.3 Å². The normalized spacial score (nSPS) is 21.4. The van der Waals surface area contributed by atoms with Crippen molar-refractivity contribution in [1.29, 1.82) is 5.26 Å². The summed E-state index contributed by atoms with van der Waals surface area (Å²) in [5.41, 5.74) is 8.95. The van der Waals surface area contributed by atoms with Crippen LogP contribution in [0.4, 0.5) is 0 Å². The zero-order valence-corrected chi connectivity index (χ0v) is 16.7. The molecule has 2 N–H and O–H groups in total. The number of pyridine rings is 1. The molecule has 0 unspecified atom stereocenters. The summed E-state index contributed by atoms with van der Waals surface area (Å²) < 4.78 is 5.73. The van der Waals surface area contributed by atoms with E-state index in [1.807, 2.05) is 45.0 Å². The minimum atomic E-state index is -0.665. The van der Waals surface area contributed by atoms with Gasteiger partial charge in [-0.15, -0.1) is 0 Å². The lowest BCUT2D eigenvalue weighted by molar-refractivity contribution is -0.119. The number of Topliss-reactive ketones (excluding diaryl/α,β-unsaturated/α-hetero) is 1. The number of aromatic nitrogens is 1. The molecule has 2 aliphatic rings. The maximum atomic E-state index is 13.1. The van der Waals surface area contributed by atoms with Gasteiger partial charge in [0.05, 0.1) is 11.4 Å². The van der Waals surface area contributed by atoms with E-state index in [1.165, 1.54) is 0 Å². The van der Waals surface area contributed by atoms with Crippen molar-refractivity contribution in [2.75, 3.05) is 0 Å². The standard InChI is InChI=1S/C22H20ClN3O2/c1-11-4-5-15-12(6-11)7-13(20(23)26-15)18-14(10-24)21(25)28-17-9-22(2,3)8-16(27)19(17)18/h4-7,18H,8-9,25H2,1-3H3/t18-/m1/s1. The second-order valence-electron chi connectivity index (χ2n) is 8.27. The Bertz CT molecular complexity index is 1140. The quantitative estimate of drug-likeness (QED) is 0.712. The Morgan fingerprint density at radius 2 is 2.07 bits per heavy atom. The summed E-state index contributed by atoms with van der Waals surface area (Å²) in [6, 6.07) is 9.89. The Morgan fingerprint density at radius 1 is 1.32 bits per heavy atom. The number of carbonyl (C=O) groups excluding carboxylic acids is 1. The lowest BCUT2D eigenvalue weighted by Gasteiger charge is -2.37. The van der Waals surface area contributed by atoms with Crippen LogP contribution in [-0.4, -0.2) is 10.8 Å². The molecule has 2 aromatic rings. The van der Waals surface area contributed by atoms with Gasteiger partial charge >= 0.3 is 0 Å². The molecule has 142 valence electrons. The summed E-state index contributed by atoms with van der Waals surface area (Å²) in [7, 11) is 0. The Hall–Kier alpha value is -2.84. The number of halogens is 1. The van der Waals surface area contributed by atoms with Crippen LogP contribution in [0.1, 0.15) is 43.7 Å². The van der Waals surface area contributed by atoms with Crippen molar-refractivity contribution in [2.45, 2.75) is 39.5 Å². The van der Waals surface area contributed by atoms with Crippen LogP contribution in [0, 0.1) is 23.7 Å². The van der Waals surface area contributed by atoms with E-state index < -0.39 is 5.92 Å². The van der Waals surface area contributed by atoms with Gasteiger partial charge in [0.2, 0.25) is 5.88 Å². The summed E-state index contributed by atoms with van der Waals surface area (Å²) in [5, 5.41) is 10.9. The first-order valence-electron chi connectivity index (χ1n) is 9.11. The minimum Gasteiger partial charge on any atom is -0.444 e. The first kappa shape index (κ1) is 18.5. The molecule has 4 rings (SSSR count). The fourth-order valence-electron chi connectivity index (χ4n) is 4.09. The molecular formula is C22H20ClN3O2. The van der Waals surface area contributed by atoms with Gasteiger partial charge < -0.3 is 10.5 Å². The molecule has 0 amide bonds. The molecule has 0 saturated carbocycles. The molecular weight excluding hydrogens is 374 g/mol. The molecule has 6 heteroatoms. The fraction of sp³-hybridized carbons (Fsp3) is 0.318. The van der Waals surface area contributed by atoms with E-state index in [4.69, 9.17) is 22.1 Å². The van der Waals surface area contributed by atoms with Gasteiger partial charge in [-0.25, -0.2) is 4.98 Å². The van der Waals surface area contributed by atoms with E-state index in [9.17, 15) is 10.1 Å². The first-order chi connectivity index (χ1) is 13.2. The Labute approximate surface area is 168 Å². The third-order valence-corrected chi connectivity index (χ3v) is 5.64. The zero-order valence-electron chi connectivity index (χ0n) is 16.0. The number of rotatable bonds is 1. The molecule has 1 aromatic carbocycles. The Balaban J connectivity index is 1.97. The van der Waals surface area contributed by atoms with Gasteiger partial charge in [-0.2, -0.15) is 5.26 Å². The van der Waals surface area contributed by atoms with E-state index in [0.717, 1.165) is 16.5 Å². The summed E-state index contributed by atoms with van der Waals surface area (Å²) >= 11 is 6.52. The molecule has 0 saturated heterocycles. The van der Waals surface area contributed by atoms with E-state index in [1.54, 1.807) is 0 Å². The van der Waals surface area contributed by atoms with Gasteiger partial charge in [-0.3, -0.25) is 4.79 Å². The molecule has 0 bridgehead atoms. The number of fused-ring (bicyclic) bond motifs is 1. The minimum absolute atomic E-state index is 0.0251. The Morgan fingerprint density at radius 3 is 2.79 bits per heavy atom. The van der Waals surface area contributed by atoms with Crippen LogP contribution in [0.15, 0.2) is 47.1 Å². The van der Waals surface area contributed by atoms with Gasteiger partial charge in [0.25, 0.3) is 0 Å². The van der Waals surface area contributed by atoms with E-state index in [0.29, 0.717) is 29.7 Å². The number of carbonyl (C=O) groups is 1. The summed E-state index contributed by atoms with van der Waals surface area (Å²) in [5.74, 6) is -0.153. The van der Waals surface area contributed by atoms with Gasteiger partial charge in [0, 0.05) is 29.4 Å². The number of aryl methyl sites for hydroxylation is 1. The smallest absolute Gasteiger partial charge is 0.205 e. The monoisotopic (exact) mass is 393 g/mol. The van der Waals surface area contributed by atoms with Crippen LogP contribution in [0.3, 0.4) is 0 Å². The number of ether oxygens (including phenoxy) is 1. The molecule has 0 fully saturated rings. The van der Waals surface area contributed by atoms with Crippen molar-refractivity contribution >= 4 is 28.3 Å². The van der Waals surface area contributed by atoms with Crippen molar-refractivity contribution in [3.63, 3.8) is 0 Å². The number of hydrogen-bond acceptors (Lipinski definition) is 5. The second-order valence-corrected chi connectivity index (χ2v) is 8.63. The molecule has 0 radical (unpaired) electrons. The van der Waals surface area contributed by atoms with Crippen molar-refractivity contribution in [1.82, 2.24) is 4.98 Å². The van der Waals surface area contributed by atoms with Gasteiger partial charge in [-0.1, -0.05) is 37.1 Å². The fourth-order valence-corrected chi connectivity index (χ4v) is 4.34. The highest BCUT2D eigenvalue weighted by atomic mass is 35.5. The lowest BCUT2D eigenvalue weighted by Crippen LogP contribution is -2.33. The third-order valence-electron chi connectivity index (χ3n) is 5.34. The number of nitrogens with two attached hydrogens (primary N) is 1. The number of ketones is 1. The van der Waals surface area contributed by atoms with Crippen molar-refractivity contribution < 1.29 is 9.53 Å². The maximum absolute atomic E-state index is 13.1. The molecule has 1 aliphatic carbocycles. The number of allylic oxidation sites excluding steroid dienone is 3. The van der Waals surface area contributed by atoms with Crippen molar-refractivity contribution in [3.8, 4) is 6.07 Å². The molecule has 28 heavy (non-hydrogen) atoms. The van der Waals surface area contributed by atoms with Gasteiger partial charge in [-0.05, 0) is 30.5 Å². The van der Waals surface area contributed by atoms with E-state index in [-0.39, 0.29) is 27.8 Å². The molecule has 5 nitrogen and oxygen atoms in total. The lowest BCUT2D eigenvalue weighted by atomic mass is 9.70. The predicted molar refractivity (Wildman–Crippen MR) is 107 cm³/mol. The first-order valence-corrected chi connectivity index (χ1v) is 9.48. The molecule has 0 spiro atoms. The molecule has 2 heterocycles. The van der Waals surface area contributed by atoms with Gasteiger partial charge in [0.15, 0.2) is 5.78 Å². The summed E-state index contributed by atoms with van der Waals surface area (Å²) in [6.07, 6.45) is 0.948. The number of benzene rings is 1.